The van der Waals surface area contributed by atoms with Gasteiger partial charge < -0.3 is 4.74 Å². The van der Waals surface area contributed by atoms with Crippen LogP contribution in [0.15, 0.2) is 42.5 Å². The summed E-state index contributed by atoms with van der Waals surface area (Å²) in [4.78, 5) is 0. The summed E-state index contributed by atoms with van der Waals surface area (Å²) in [6, 6.07) is 10.4. The van der Waals surface area contributed by atoms with E-state index in [4.69, 9.17) is 23.2 Å². The molecule has 0 unspecified atom stereocenters. The Morgan fingerprint density at radius 1 is 0.895 bits per heavy atom. The van der Waals surface area contributed by atoms with Crippen molar-refractivity contribution in [3.05, 3.63) is 52.5 Å². The van der Waals surface area contributed by atoms with Crippen molar-refractivity contribution in [3.63, 3.8) is 0 Å². The lowest BCUT2D eigenvalue weighted by Gasteiger charge is -2.11. The van der Waals surface area contributed by atoms with Gasteiger partial charge >= 0.3 is 6.36 Å². The van der Waals surface area contributed by atoms with Crippen LogP contribution in [-0.4, -0.2) is 6.36 Å². The van der Waals surface area contributed by atoms with Crippen molar-refractivity contribution in [3.8, 4) is 16.9 Å². The first-order valence-corrected chi connectivity index (χ1v) is 5.92. The zero-order valence-electron chi connectivity index (χ0n) is 9.34. The molecule has 0 N–H and O–H groups in total. The Morgan fingerprint density at radius 2 is 1.47 bits per heavy atom. The van der Waals surface area contributed by atoms with Gasteiger partial charge in [-0.15, -0.1) is 13.2 Å². The fraction of sp³-hybridized carbons (Fsp3) is 0.0769. The molecule has 0 aliphatic carbocycles. The van der Waals surface area contributed by atoms with E-state index in [-0.39, 0.29) is 5.75 Å². The Labute approximate surface area is 117 Å². The smallest absolute Gasteiger partial charge is 0.406 e. The number of rotatable bonds is 2. The molecule has 2 aromatic carbocycles. The van der Waals surface area contributed by atoms with E-state index in [1.165, 1.54) is 18.2 Å². The van der Waals surface area contributed by atoms with Gasteiger partial charge in [-0.25, -0.2) is 0 Å². The van der Waals surface area contributed by atoms with Crippen molar-refractivity contribution >= 4 is 23.2 Å². The lowest BCUT2D eigenvalue weighted by atomic mass is 10.1. The summed E-state index contributed by atoms with van der Waals surface area (Å²) < 4.78 is 40.3. The van der Waals surface area contributed by atoms with Gasteiger partial charge in [0.25, 0.3) is 0 Å². The molecule has 0 radical (unpaired) electrons. The molecule has 2 rings (SSSR count). The van der Waals surface area contributed by atoms with Crippen LogP contribution in [0.4, 0.5) is 13.2 Å². The largest absolute Gasteiger partial charge is 0.573 e. The molecular weight excluding hydrogens is 300 g/mol. The van der Waals surface area contributed by atoms with Crippen LogP contribution < -0.4 is 4.74 Å². The molecule has 0 saturated carbocycles. The van der Waals surface area contributed by atoms with Gasteiger partial charge in [-0.3, -0.25) is 0 Å². The zero-order chi connectivity index (χ0) is 14.0. The minimum Gasteiger partial charge on any atom is -0.406 e. The molecule has 0 amide bonds. The average Bonchev–Trinajstić information content (AvgIpc) is 2.26. The Kier molecular flexibility index (Phi) is 3.92. The first kappa shape index (κ1) is 14.0. The molecule has 6 heteroatoms. The van der Waals surface area contributed by atoms with E-state index in [1.807, 2.05) is 0 Å². The topological polar surface area (TPSA) is 9.23 Å². The Balaban J connectivity index is 2.44. The minimum absolute atomic E-state index is 0.319. The lowest BCUT2D eigenvalue weighted by molar-refractivity contribution is -0.274. The van der Waals surface area contributed by atoms with Crippen molar-refractivity contribution in [2.45, 2.75) is 6.36 Å². The van der Waals surface area contributed by atoms with E-state index in [9.17, 15) is 13.2 Å². The van der Waals surface area contributed by atoms with Crippen molar-refractivity contribution in [1.82, 2.24) is 0 Å². The number of benzene rings is 2. The Hall–Kier alpha value is -1.39. The maximum absolute atomic E-state index is 12.2. The molecule has 0 saturated heterocycles. The van der Waals surface area contributed by atoms with E-state index in [2.05, 4.69) is 4.74 Å². The van der Waals surface area contributed by atoms with Gasteiger partial charge in [0.15, 0.2) is 0 Å². The van der Waals surface area contributed by atoms with Crippen LogP contribution in [0.2, 0.25) is 10.0 Å². The Bertz CT molecular complexity index is 576. The van der Waals surface area contributed by atoms with Crippen LogP contribution in [0, 0.1) is 0 Å². The fourth-order valence-electron chi connectivity index (χ4n) is 1.62. The first-order valence-electron chi connectivity index (χ1n) is 5.17. The third-order valence-electron chi connectivity index (χ3n) is 2.32. The molecule has 19 heavy (non-hydrogen) atoms. The number of ether oxygens (including phenoxy) is 1. The predicted molar refractivity (Wildman–Crippen MR) is 68.6 cm³/mol. The average molecular weight is 307 g/mol. The van der Waals surface area contributed by atoms with Crippen LogP contribution >= 0.6 is 23.2 Å². The number of halogens is 5. The molecule has 0 bridgehead atoms. The highest BCUT2D eigenvalue weighted by atomic mass is 35.5. The summed E-state index contributed by atoms with van der Waals surface area (Å²) in [5.74, 6) is -0.319. The number of hydrogen-bond donors (Lipinski definition) is 0. The number of alkyl halides is 3. The van der Waals surface area contributed by atoms with E-state index < -0.39 is 6.36 Å². The Morgan fingerprint density at radius 3 is 2.05 bits per heavy atom. The van der Waals surface area contributed by atoms with Crippen molar-refractivity contribution in [1.29, 1.82) is 0 Å². The van der Waals surface area contributed by atoms with Crippen LogP contribution in [0.25, 0.3) is 11.1 Å². The summed E-state index contributed by atoms with van der Waals surface area (Å²) in [5.41, 5.74) is 0.927. The van der Waals surface area contributed by atoms with Crippen LogP contribution in [0.5, 0.6) is 5.75 Å². The zero-order valence-corrected chi connectivity index (χ0v) is 10.9. The van der Waals surface area contributed by atoms with Crippen LogP contribution in [0.1, 0.15) is 0 Å². The highest BCUT2D eigenvalue weighted by Crippen LogP contribution is 2.36. The SMILES string of the molecule is FC(F)(F)Oc1cccc(-c2c(Cl)cccc2Cl)c1. The summed E-state index contributed by atoms with van der Waals surface area (Å²) in [7, 11) is 0. The molecule has 0 aliphatic heterocycles. The molecule has 0 heterocycles. The predicted octanol–water partition coefficient (Wildman–Crippen LogP) is 5.56. The van der Waals surface area contributed by atoms with Gasteiger partial charge in [0.1, 0.15) is 5.75 Å². The monoisotopic (exact) mass is 306 g/mol. The highest BCUT2D eigenvalue weighted by Gasteiger charge is 2.31. The molecule has 0 aliphatic rings. The standard InChI is InChI=1S/C13H7Cl2F3O/c14-10-5-2-6-11(15)12(10)8-3-1-4-9(7-8)19-13(16,17)18/h1-7H. The summed E-state index contributed by atoms with van der Waals surface area (Å²) in [6.45, 7) is 0. The lowest BCUT2D eigenvalue weighted by Crippen LogP contribution is -2.17. The van der Waals surface area contributed by atoms with Crippen molar-refractivity contribution < 1.29 is 17.9 Å². The summed E-state index contributed by atoms with van der Waals surface area (Å²) >= 11 is 12.0. The molecular formula is C13H7Cl2F3O. The summed E-state index contributed by atoms with van der Waals surface area (Å²) in [6.07, 6.45) is -4.73. The highest BCUT2D eigenvalue weighted by molar-refractivity contribution is 6.39. The molecule has 0 spiro atoms. The van der Waals surface area contributed by atoms with Gasteiger partial charge in [-0.1, -0.05) is 41.4 Å². The maximum Gasteiger partial charge on any atom is 0.573 e. The van der Waals surface area contributed by atoms with E-state index in [0.29, 0.717) is 21.2 Å². The van der Waals surface area contributed by atoms with Gasteiger partial charge in [-0.2, -0.15) is 0 Å². The second kappa shape index (κ2) is 5.31. The number of hydrogen-bond acceptors (Lipinski definition) is 1. The van der Waals surface area contributed by atoms with Crippen molar-refractivity contribution in [2.24, 2.45) is 0 Å². The molecule has 0 fully saturated rings. The van der Waals surface area contributed by atoms with E-state index in [1.54, 1.807) is 24.3 Å². The fourth-order valence-corrected chi connectivity index (χ4v) is 2.24. The van der Waals surface area contributed by atoms with E-state index in [0.717, 1.165) is 0 Å². The molecule has 0 atom stereocenters. The van der Waals surface area contributed by atoms with Gasteiger partial charge in [0, 0.05) is 15.6 Å². The van der Waals surface area contributed by atoms with Crippen molar-refractivity contribution in [2.75, 3.05) is 0 Å². The molecule has 1 nitrogen and oxygen atoms in total. The quantitative estimate of drug-likeness (QED) is 0.706. The molecule has 0 aromatic heterocycles. The summed E-state index contributed by atoms with van der Waals surface area (Å²) in [5, 5.41) is 0.716. The van der Waals surface area contributed by atoms with Gasteiger partial charge in [-0.05, 0) is 29.8 Å². The third kappa shape index (κ3) is 3.55. The second-order valence-electron chi connectivity index (χ2n) is 3.67. The molecule has 100 valence electrons. The van der Waals surface area contributed by atoms with Crippen LogP contribution in [-0.2, 0) is 0 Å². The normalized spacial score (nSPS) is 11.4. The first-order chi connectivity index (χ1) is 8.87. The van der Waals surface area contributed by atoms with E-state index >= 15 is 0 Å². The maximum atomic E-state index is 12.2. The molecule has 2 aromatic rings. The third-order valence-corrected chi connectivity index (χ3v) is 2.95. The van der Waals surface area contributed by atoms with Gasteiger partial charge in [0.2, 0.25) is 0 Å². The van der Waals surface area contributed by atoms with Crippen LogP contribution in [0.3, 0.4) is 0 Å². The minimum atomic E-state index is -4.73. The van der Waals surface area contributed by atoms with Gasteiger partial charge in [0.05, 0.1) is 0 Å². The second-order valence-corrected chi connectivity index (χ2v) is 4.49.